The maximum absolute atomic E-state index is 12.6. The summed E-state index contributed by atoms with van der Waals surface area (Å²) in [6.45, 7) is 5.66. The number of nitrogens with zero attached hydrogens (tertiary/aromatic N) is 1. The molecule has 0 aliphatic carbocycles. The number of aryl methyl sites for hydroxylation is 1. The number of hydrogen-bond donors (Lipinski definition) is 3. The number of ether oxygens (including phenoxy) is 4. The Balaban J connectivity index is 1.33. The second-order valence-electron chi connectivity index (χ2n) is 9.75. The first-order chi connectivity index (χ1) is 21.2. The van der Waals surface area contributed by atoms with Crippen LogP contribution in [0.3, 0.4) is 0 Å². The molecule has 0 saturated carbocycles. The molecule has 0 radical (unpaired) electrons. The van der Waals surface area contributed by atoms with Gasteiger partial charge in [0.2, 0.25) is 0 Å². The van der Waals surface area contributed by atoms with Gasteiger partial charge in [-0.2, -0.15) is 5.10 Å². The second kappa shape index (κ2) is 15.1. The van der Waals surface area contributed by atoms with Crippen molar-refractivity contribution < 1.29 is 33.3 Å². The minimum atomic E-state index is -0.766. The van der Waals surface area contributed by atoms with Gasteiger partial charge in [0, 0.05) is 5.70 Å². The number of amides is 3. The van der Waals surface area contributed by atoms with Crippen molar-refractivity contribution in [3.8, 4) is 17.2 Å². The molecule has 44 heavy (non-hydrogen) atoms. The van der Waals surface area contributed by atoms with E-state index in [-0.39, 0.29) is 18.8 Å². The number of esters is 1. The van der Waals surface area contributed by atoms with Crippen LogP contribution in [0.1, 0.15) is 42.1 Å². The lowest BCUT2D eigenvalue weighted by atomic mass is 9.95. The van der Waals surface area contributed by atoms with Crippen LogP contribution in [-0.2, 0) is 20.9 Å². The molecule has 3 amide bonds. The molecule has 3 aromatic carbocycles. The van der Waals surface area contributed by atoms with Crippen LogP contribution < -0.4 is 30.3 Å². The smallest absolute Gasteiger partial charge is 0.338 e. The average Bonchev–Trinajstić information content (AvgIpc) is 2.99. The first kappa shape index (κ1) is 32.1. The summed E-state index contributed by atoms with van der Waals surface area (Å²) in [4.78, 5) is 37.2. The zero-order valence-electron chi connectivity index (χ0n) is 24.7. The number of hydrazone groups is 1. The highest BCUT2D eigenvalue weighted by Gasteiger charge is 2.32. The van der Waals surface area contributed by atoms with E-state index in [1.807, 2.05) is 43.3 Å². The van der Waals surface area contributed by atoms with Crippen LogP contribution >= 0.6 is 15.9 Å². The number of carbonyl (C=O) groups excluding carboxylic acids is 3. The molecule has 1 aliphatic rings. The third-order valence-electron chi connectivity index (χ3n) is 6.48. The van der Waals surface area contributed by atoms with E-state index >= 15 is 0 Å². The van der Waals surface area contributed by atoms with Crippen LogP contribution in [0.2, 0.25) is 0 Å². The number of hydrogen-bond acceptors (Lipinski definition) is 8. The summed E-state index contributed by atoms with van der Waals surface area (Å²) in [5.74, 6) is 0.250. The summed E-state index contributed by atoms with van der Waals surface area (Å²) in [6, 6.07) is 17.3. The predicted octanol–water partition coefficient (Wildman–Crippen LogP) is 5.07. The third kappa shape index (κ3) is 8.38. The summed E-state index contributed by atoms with van der Waals surface area (Å²) in [5.41, 5.74) is 6.66. The topological polar surface area (TPSA) is 137 Å². The highest BCUT2D eigenvalue weighted by molar-refractivity contribution is 9.10. The van der Waals surface area contributed by atoms with Crippen molar-refractivity contribution in [1.29, 1.82) is 0 Å². The van der Waals surface area contributed by atoms with Gasteiger partial charge in [0.15, 0.2) is 18.1 Å². The van der Waals surface area contributed by atoms with Gasteiger partial charge in [0.1, 0.15) is 12.4 Å². The Morgan fingerprint density at radius 2 is 1.82 bits per heavy atom. The molecule has 11 nitrogen and oxygen atoms in total. The quantitative estimate of drug-likeness (QED) is 0.140. The molecule has 4 rings (SSSR count). The van der Waals surface area contributed by atoms with Gasteiger partial charge in [-0.05, 0) is 83.7 Å². The van der Waals surface area contributed by atoms with Crippen molar-refractivity contribution in [3.05, 3.63) is 98.7 Å². The monoisotopic (exact) mass is 664 g/mol. The summed E-state index contributed by atoms with van der Waals surface area (Å²) < 4.78 is 23.0. The minimum absolute atomic E-state index is 0.187. The van der Waals surface area contributed by atoms with Gasteiger partial charge in [-0.1, -0.05) is 35.9 Å². The molecule has 1 heterocycles. The predicted molar refractivity (Wildman–Crippen MR) is 168 cm³/mol. The van der Waals surface area contributed by atoms with E-state index in [4.69, 9.17) is 18.9 Å². The average molecular weight is 666 g/mol. The van der Waals surface area contributed by atoms with E-state index in [1.54, 1.807) is 32.0 Å². The number of nitrogens with one attached hydrogen (secondary N) is 3. The minimum Gasteiger partial charge on any atom is -0.493 e. The number of benzene rings is 3. The zero-order valence-corrected chi connectivity index (χ0v) is 26.3. The van der Waals surface area contributed by atoms with Gasteiger partial charge < -0.3 is 29.6 Å². The highest BCUT2D eigenvalue weighted by Crippen LogP contribution is 2.34. The Labute approximate surface area is 263 Å². The van der Waals surface area contributed by atoms with Crippen molar-refractivity contribution in [2.24, 2.45) is 5.10 Å². The Morgan fingerprint density at radius 1 is 1.02 bits per heavy atom. The number of rotatable bonds is 12. The standard InChI is InChI=1S/C32H33BrN4O7/c1-5-42-31(39)29-20(3)35-32(40)36-30(29)23-10-12-26(27(15-23)41-4)44-18-28(38)37-34-16-21-9-11-25(24(33)14-21)43-17-22-8-6-7-19(2)13-22/h6-16,30H,5,17-18H2,1-4H3,(H,37,38)(H2,35,36,40)/b34-16-/t30-/m1/s1. The Kier molecular flexibility index (Phi) is 11.0. The summed E-state index contributed by atoms with van der Waals surface area (Å²) in [5, 5.41) is 9.34. The SMILES string of the molecule is CCOC(=O)C1=C(C)NC(=O)N[C@@H]1c1ccc(OCC(=O)N/N=C\c2ccc(OCc3cccc(C)c3)c(Br)c2)c(OC)c1. The van der Waals surface area contributed by atoms with Crippen molar-refractivity contribution in [3.63, 3.8) is 0 Å². The fourth-order valence-corrected chi connectivity index (χ4v) is 4.95. The first-order valence-electron chi connectivity index (χ1n) is 13.7. The van der Waals surface area contributed by atoms with Crippen molar-refractivity contribution in [1.82, 2.24) is 16.1 Å². The highest BCUT2D eigenvalue weighted by atomic mass is 79.9. The number of methoxy groups -OCH3 is 1. The molecule has 0 saturated heterocycles. The molecule has 12 heteroatoms. The number of carbonyl (C=O) groups is 3. The van der Waals surface area contributed by atoms with E-state index in [9.17, 15) is 14.4 Å². The van der Waals surface area contributed by atoms with Crippen LogP contribution in [0.4, 0.5) is 4.79 Å². The number of allylic oxidation sites excluding steroid dienone is 1. The number of halogens is 1. The maximum Gasteiger partial charge on any atom is 0.338 e. The summed E-state index contributed by atoms with van der Waals surface area (Å²) in [6.07, 6.45) is 1.51. The van der Waals surface area contributed by atoms with E-state index in [0.29, 0.717) is 35.1 Å². The molecule has 0 spiro atoms. The molecule has 0 bridgehead atoms. The molecule has 1 atom stereocenters. The van der Waals surface area contributed by atoms with Gasteiger partial charge >= 0.3 is 12.0 Å². The van der Waals surface area contributed by atoms with Gasteiger partial charge in [-0.15, -0.1) is 0 Å². The molecule has 0 fully saturated rings. The maximum atomic E-state index is 12.6. The van der Waals surface area contributed by atoms with E-state index in [1.165, 1.54) is 18.9 Å². The largest absolute Gasteiger partial charge is 0.493 e. The van der Waals surface area contributed by atoms with Gasteiger partial charge in [0.25, 0.3) is 5.91 Å². The summed E-state index contributed by atoms with van der Waals surface area (Å²) >= 11 is 3.52. The van der Waals surface area contributed by atoms with Crippen LogP contribution in [0.25, 0.3) is 0 Å². The fraction of sp³-hybridized carbons (Fsp3) is 0.250. The molecular weight excluding hydrogens is 632 g/mol. The van der Waals surface area contributed by atoms with E-state index in [2.05, 4.69) is 43.2 Å². The number of urea groups is 1. The molecule has 3 aromatic rings. The van der Waals surface area contributed by atoms with Crippen LogP contribution in [-0.4, -0.2) is 44.4 Å². The Hall–Kier alpha value is -4.84. The van der Waals surface area contributed by atoms with Crippen LogP contribution in [0, 0.1) is 6.92 Å². The summed E-state index contributed by atoms with van der Waals surface area (Å²) in [7, 11) is 1.45. The van der Waals surface area contributed by atoms with Crippen LogP contribution in [0.5, 0.6) is 17.2 Å². The third-order valence-corrected chi connectivity index (χ3v) is 7.10. The van der Waals surface area contributed by atoms with Crippen molar-refractivity contribution in [2.45, 2.75) is 33.4 Å². The molecule has 0 aromatic heterocycles. The van der Waals surface area contributed by atoms with Crippen LogP contribution in [0.15, 0.2) is 81.5 Å². The fourth-order valence-electron chi connectivity index (χ4n) is 4.44. The van der Waals surface area contributed by atoms with Gasteiger partial charge in [0.05, 0.1) is 36.0 Å². The molecular formula is C32H33BrN4O7. The normalized spacial score (nSPS) is 14.5. The van der Waals surface area contributed by atoms with E-state index < -0.39 is 23.9 Å². The van der Waals surface area contributed by atoms with Crippen molar-refractivity contribution >= 4 is 40.1 Å². The molecule has 230 valence electrons. The lowest BCUT2D eigenvalue weighted by molar-refractivity contribution is -0.139. The first-order valence-corrected chi connectivity index (χ1v) is 14.5. The van der Waals surface area contributed by atoms with E-state index in [0.717, 1.165) is 15.6 Å². The molecule has 3 N–H and O–H groups in total. The zero-order chi connectivity index (χ0) is 31.6. The Morgan fingerprint density at radius 3 is 2.55 bits per heavy atom. The van der Waals surface area contributed by atoms with Crippen molar-refractivity contribution in [2.75, 3.05) is 20.3 Å². The second-order valence-corrected chi connectivity index (χ2v) is 10.6. The lowest BCUT2D eigenvalue weighted by Crippen LogP contribution is -2.45. The molecule has 1 aliphatic heterocycles. The molecule has 0 unspecified atom stereocenters. The lowest BCUT2D eigenvalue weighted by Gasteiger charge is -2.28. The Bertz CT molecular complexity index is 1610. The van der Waals surface area contributed by atoms with Gasteiger partial charge in [-0.3, -0.25) is 4.79 Å². The van der Waals surface area contributed by atoms with Gasteiger partial charge in [-0.25, -0.2) is 15.0 Å².